The molecule has 110 valence electrons. The number of anilines is 1. The largest absolute Gasteiger partial charge is 0.478 e. The molecule has 0 saturated heterocycles. The Morgan fingerprint density at radius 2 is 1.86 bits per heavy atom. The summed E-state index contributed by atoms with van der Waals surface area (Å²) in [5, 5.41) is 12.3. The average molecular weight is 296 g/mol. The van der Waals surface area contributed by atoms with Crippen LogP contribution in [0.15, 0.2) is 30.5 Å². The topological polar surface area (TPSA) is 62.2 Å². The van der Waals surface area contributed by atoms with Crippen molar-refractivity contribution in [1.82, 2.24) is 4.98 Å². The molecule has 1 fully saturated rings. The van der Waals surface area contributed by atoms with Gasteiger partial charge >= 0.3 is 12.1 Å². The molecular formula is C14H11F3N2O2. The molecule has 21 heavy (non-hydrogen) atoms. The number of fused-ring (bicyclic) bond motifs is 1. The van der Waals surface area contributed by atoms with Crippen LogP contribution in [0.1, 0.15) is 23.2 Å². The van der Waals surface area contributed by atoms with Gasteiger partial charge in [-0.2, -0.15) is 13.2 Å². The van der Waals surface area contributed by atoms with E-state index in [9.17, 15) is 18.0 Å². The van der Waals surface area contributed by atoms with Gasteiger partial charge in [-0.05, 0) is 12.8 Å². The van der Waals surface area contributed by atoms with Crippen LogP contribution in [0, 0.1) is 0 Å². The van der Waals surface area contributed by atoms with Gasteiger partial charge in [-0.15, -0.1) is 0 Å². The Morgan fingerprint density at radius 1 is 1.24 bits per heavy atom. The van der Waals surface area contributed by atoms with Gasteiger partial charge in [-0.1, -0.05) is 24.3 Å². The van der Waals surface area contributed by atoms with Gasteiger partial charge in [0.25, 0.3) is 0 Å². The van der Waals surface area contributed by atoms with Crippen LogP contribution in [0.2, 0.25) is 0 Å². The monoisotopic (exact) mass is 296 g/mol. The highest BCUT2D eigenvalue weighted by atomic mass is 19.4. The lowest BCUT2D eigenvalue weighted by Crippen LogP contribution is -2.39. The van der Waals surface area contributed by atoms with Gasteiger partial charge in [0.1, 0.15) is 11.4 Å². The predicted molar refractivity (Wildman–Crippen MR) is 70.3 cm³/mol. The van der Waals surface area contributed by atoms with E-state index in [4.69, 9.17) is 5.11 Å². The van der Waals surface area contributed by atoms with Crippen molar-refractivity contribution in [1.29, 1.82) is 0 Å². The van der Waals surface area contributed by atoms with Gasteiger partial charge in [0, 0.05) is 17.0 Å². The molecule has 1 aliphatic rings. The number of rotatable bonds is 3. The summed E-state index contributed by atoms with van der Waals surface area (Å²) in [6, 6.07) is 6.38. The number of halogens is 3. The summed E-state index contributed by atoms with van der Waals surface area (Å²) in [5.74, 6) is -1.10. The average Bonchev–Trinajstić information content (AvgIpc) is 3.19. The zero-order valence-corrected chi connectivity index (χ0v) is 10.7. The molecule has 1 aromatic carbocycles. The van der Waals surface area contributed by atoms with Gasteiger partial charge in [0.2, 0.25) is 0 Å². The first-order chi connectivity index (χ1) is 9.84. The van der Waals surface area contributed by atoms with E-state index >= 15 is 0 Å². The highest BCUT2D eigenvalue weighted by molar-refractivity contribution is 6.06. The normalized spacial score (nSPS) is 16.7. The number of alkyl halides is 3. The van der Waals surface area contributed by atoms with E-state index < -0.39 is 17.7 Å². The summed E-state index contributed by atoms with van der Waals surface area (Å²) in [4.78, 5) is 15.0. The number of benzene rings is 1. The van der Waals surface area contributed by atoms with Crippen LogP contribution in [0.3, 0.4) is 0 Å². The molecule has 1 saturated carbocycles. The fraction of sp³-hybridized carbons (Fsp3) is 0.286. The smallest absolute Gasteiger partial charge is 0.411 e. The molecule has 2 aromatic rings. The van der Waals surface area contributed by atoms with Crippen molar-refractivity contribution in [3.8, 4) is 0 Å². The highest BCUT2D eigenvalue weighted by Gasteiger charge is 2.63. The first-order valence-corrected chi connectivity index (χ1v) is 6.30. The van der Waals surface area contributed by atoms with Crippen LogP contribution in [0.5, 0.6) is 0 Å². The van der Waals surface area contributed by atoms with Crippen molar-refractivity contribution in [2.75, 3.05) is 5.32 Å². The number of aromatic nitrogens is 1. The van der Waals surface area contributed by atoms with E-state index in [-0.39, 0.29) is 24.2 Å². The van der Waals surface area contributed by atoms with Gasteiger partial charge in [-0.3, -0.25) is 0 Å². The van der Waals surface area contributed by atoms with Crippen molar-refractivity contribution in [3.63, 3.8) is 0 Å². The summed E-state index contributed by atoms with van der Waals surface area (Å²) >= 11 is 0. The number of hydrogen-bond donors (Lipinski definition) is 2. The third-order valence-electron chi connectivity index (χ3n) is 3.68. The fourth-order valence-corrected chi connectivity index (χ4v) is 2.29. The molecule has 4 nitrogen and oxygen atoms in total. The van der Waals surface area contributed by atoms with E-state index in [1.807, 2.05) is 0 Å². The summed E-state index contributed by atoms with van der Waals surface area (Å²) in [7, 11) is 0. The second-order valence-corrected chi connectivity index (χ2v) is 5.08. The lowest BCUT2D eigenvalue weighted by atomic mass is 10.1. The summed E-state index contributed by atoms with van der Waals surface area (Å²) in [5.41, 5.74) is -1.97. The molecule has 0 radical (unpaired) electrons. The van der Waals surface area contributed by atoms with Crippen molar-refractivity contribution in [2.45, 2.75) is 24.6 Å². The number of pyridine rings is 1. The van der Waals surface area contributed by atoms with Crippen molar-refractivity contribution >= 4 is 22.6 Å². The van der Waals surface area contributed by atoms with Crippen molar-refractivity contribution in [2.24, 2.45) is 0 Å². The van der Waals surface area contributed by atoms with Crippen LogP contribution in [0.4, 0.5) is 19.0 Å². The number of carboxylic acids is 1. The number of carboxylic acid groups (broad SMARTS) is 1. The van der Waals surface area contributed by atoms with Gasteiger partial charge in [-0.25, -0.2) is 9.78 Å². The van der Waals surface area contributed by atoms with Gasteiger partial charge in [0.15, 0.2) is 0 Å². The molecule has 7 heteroatoms. The predicted octanol–water partition coefficient (Wildman–Crippen LogP) is 3.44. The van der Waals surface area contributed by atoms with Crippen LogP contribution in [-0.2, 0) is 0 Å². The number of nitrogens with zero attached hydrogens (tertiary/aromatic N) is 1. The molecule has 0 amide bonds. The Bertz CT molecular complexity index is 724. The Hall–Kier alpha value is -2.31. The van der Waals surface area contributed by atoms with E-state index in [0.717, 1.165) is 6.20 Å². The Morgan fingerprint density at radius 3 is 2.38 bits per heavy atom. The van der Waals surface area contributed by atoms with Crippen LogP contribution in [-0.4, -0.2) is 27.8 Å². The molecule has 1 aromatic heterocycles. The number of hydrogen-bond acceptors (Lipinski definition) is 3. The minimum atomic E-state index is -4.36. The lowest BCUT2D eigenvalue weighted by Gasteiger charge is -2.22. The Labute approximate surface area is 117 Å². The SMILES string of the molecule is O=C(O)c1cnc(NC2(C(F)(F)F)CC2)c2ccccc12. The highest BCUT2D eigenvalue weighted by Crippen LogP contribution is 2.51. The summed E-state index contributed by atoms with van der Waals surface area (Å²) < 4.78 is 39.0. The third kappa shape index (κ3) is 2.18. The first kappa shape index (κ1) is 13.7. The number of nitrogens with one attached hydrogen (secondary N) is 1. The van der Waals surface area contributed by atoms with Crippen LogP contribution >= 0.6 is 0 Å². The number of aromatic carboxylic acids is 1. The van der Waals surface area contributed by atoms with Crippen LogP contribution in [0.25, 0.3) is 10.8 Å². The molecule has 3 rings (SSSR count). The molecule has 1 heterocycles. The molecule has 0 atom stereocenters. The lowest BCUT2D eigenvalue weighted by molar-refractivity contribution is -0.151. The van der Waals surface area contributed by atoms with Crippen LogP contribution < -0.4 is 5.32 Å². The minimum Gasteiger partial charge on any atom is -0.478 e. The quantitative estimate of drug-likeness (QED) is 0.910. The van der Waals surface area contributed by atoms with E-state index in [1.165, 1.54) is 0 Å². The molecule has 1 aliphatic carbocycles. The van der Waals surface area contributed by atoms with E-state index in [2.05, 4.69) is 10.3 Å². The third-order valence-corrected chi connectivity index (χ3v) is 3.68. The molecule has 0 spiro atoms. The van der Waals surface area contributed by atoms with Crippen molar-refractivity contribution in [3.05, 3.63) is 36.0 Å². The first-order valence-electron chi connectivity index (χ1n) is 6.30. The minimum absolute atomic E-state index is 0.00676. The number of carbonyl (C=O) groups is 1. The molecule has 2 N–H and O–H groups in total. The molecule has 0 bridgehead atoms. The second kappa shape index (κ2) is 4.34. The summed E-state index contributed by atoms with van der Waals surface area (Å²) in [6.07, 6.45) is -3.29. The van der Waals surface area contributed by atoms with E-state index in [0.29, 0.717) is 10.8 Å². The maximum absolute atomic E-state index is 13.0. The summed E-state index contributed by atoms with van der Waals surface area (Å²) in [6.45, 7) is 0. The maximum atomic E-state index is 13.0. The van der Waals surface area contributed by atoms with Gasteiger partial charge < -0.3 is 10.4 Å². The zero-order chi connectivity index (χ0) is 15.3. The molecular weight excluding hydrogens is 285 g/mol. The van der Waals surface area contributed by atoms with Crippen molar-refractivity contribution < 1.29 is 23.1 Å². The van der Waals surface area contributed by atoms with Gasteiger partial charge in [0.05, 0.1) is 5.56 Å². The zero-order valence-electron chi connectivity index (χ0n) is 10.7. The van der Waals surface area contributed by atoms with E-state index in [1.54, 1.807) is 24.3 Å². The Kier molecular flexibility index (Phi) is 2.82. The second-order valence-electron chi connectivity index (χ2n) is 5.08. The fourth-order valence-electron chi connectivity index (χ4n) is 2.29. The molecule has 0 aliphatic heterocycles. The standard InChI is InChI=1S/C14H11F3N2O2/c15-14(16,17)13(5-6-13)19-11-9-4-2-1-3-8(9)10(7-18-11)12(20)21/h1-4,7H,5-6H2,(H,18,19)(H,20,21). The maximum Gasteiger partial charge on any atom is 0.411 e. The Balaban J connectivity index is 2.09. The molecule has 0 unspecified atom stereocenters.